The van der Waals surface area contributed by atoms with Gasteiger partial charge in [0, 0.05) is 22.8 Å². The first-order chi connectivity index (χ1) is 9.36. The summed E-state index contributed by atoms with van der Waals surface area (Å²) in [7, 11) is -2.94. The van der Waals surface area contributed by atoms with Crippen LogP contribution < -0.4 is 5.32 Å². The Kier molecular flexibility index (Phi) is 5.26. The fraction of sp³-hybridized carbons (Fsp3) is 0.600. The first-order valence-electron chi connectivity index (χ1n) is 7.05. The molecule has 1 saturated carbocycles. The maximum Gasteiger partial charge on any atom is 0.151 e. The minimum Gasteiger partial charge on any atom is -0.310 e. The van der Waals surface area contributed by atoms with E-state index < -0.39 is 9.84 Å². The molecule has 1 fully saturated rings. The van der Waals surface area contributed by atoms with Crippen LogP contribution in [0.2, 0.25) is 0 Å². The van der Waals surface area contributed by atoms with Crippen LogP contribution >= 0.6 is 15.9 Å². The second-order valence-electron chi connectivity index (χ2n) is 5.80. The van der Waals surface area contributed by atoms with Gasteiger partial charge >= 0.3 is 0 Å². The minimum atomic E-state index is -2.94. The second-order valence-corrected chi connectivity index (χ2v) is 8.98. The maximum absolute atomic E-state index is 11.8. The van der Waals surface area contributed by atoms with Gasteiger partial charge in [-0.15, -0.1) is 0 Å². The van der Waals surface area contributed by atoms with E-state index in [1.165, 1.54) is 11.8 Å². The number of hydrogen-bond donors (Lipinski definition) is 1. The van der Waals surface area contributed by atoms with Crippen LogP contribution in [0.15, 0.2) is 28.7 Å². The van der Waals surface area contributed by atoms with Crippen molar-refractivity contribution in [1.82, 2.24) is 5.32 Å². The molecule has 112 valence electrons. The van der Waals surface area contributed by atoms with Gasteiger partial charge < -0.3 is 5.32 Å². The molecule has 0 heterocycles. The molecule has 3 unspecified atom stereocenters. The minimum absolute atomic E-state index is 0.107. The molecular weight excluding hydrogens is 338 g/mol. The van der Waals surface area contributed by atoms with Crippen LogP contribution in [0.4, 0.5) is 0 Å². The van der Waals surface area contributed by atoms with E-state index in [0.29, 0.717) is 0 Å². The van der Waals surface area contributed by atoms with Gasteiger partial charge in [0.15, 0.2) is 9.84 Å². The molecule has 20 heavy (non-hydrogen) atoms. The molecule has 3 atom stereocenters. The highest BCUT2D eigenvalue weighted by molar-refractivity contribution is 9.10. The summed E-state index contributed by atoms with van der Waals surface area (Å²) >= 11 is 3.43. The molecule has 3 nitrogen and oxygen atoms in total. The predicted octanol–water partition coefficient (Wildman–Crippen LogP) is 2.94. The van der Waals surface area contributed by atoms with E-state index in [1.54, 1.807) is 0 Å². The lowest BCUT2D eigenvalue weighted by molar-refractivity contribution is 0.444. The lowest BCUT2D eigenvalue weighted by Crippen LogP contribution is -2.44. The lowest BCUT2D eigenvalue weighted by Gasteiger charge is -2.24. The summed E-state index contributed by atoms with van der Waals surface area (Å²) < 4.78 is 24.6. The van der Waals surface area contributed by atoms with Crippen molar-refractivity contribution < 1.29 is 8.42 Å². The third-order valence-electron chi connectivity index (χ3n) is 3.96. The monoisotopic (exact) mass is 359 g/mol. The molecule has 1 aliphatic carbocycles. The predicted molar refractivity (Wildman–Crippen MR) is 86.7 cm³/mol. The van der Waals surface area contributed by atoms with E-state index >= 15 is 0 Å². The Labute approximate surface area is 130 Å². The van der Waals surface area contributed by atoms with E-state index in [4.69, 9.17) is 0 Å². The van der Waals surface area contributed by atoms with Gasteiger partial charge in [0.25, 0.3) is 0 Å². The van der Waals surface area contributed by atoms with Crippen molar-refractivity contribution in [1.29, 1.82) is 0 Å². The van der Waals surface area contributed by atoms with E-state index in [9.17, 15) is 8.42 Å². The van der Waals surface area contributed by atoms with Crippen molar-refractivity contribution in [2.75, 3.05) is 6.26 Å². The summed E-state index contributed by atoms with van der Waals surface area (Å²) in [6.07, 6.45) is 5.03. The Bertz CT molecular complexity index is 541. The zero-order valence-corrected chi connectivity index (χ0v) is 14.4. The molecule has 0 radical (unpaired) electrons. The van der Waals surface area contributed by atoms with Gasteiger partial charge in [-0.1, -0.05) is 34.5 Å². The lowest BCUT2D eigenvalue weighted by atomic mass is 10.1. The van der Waals surface area contributed by atoms with Gasteiger partial charge in [0.1, 0.15) is 0 Å². The van der Waals surface area contributed by atoms with Crippen LogP contribution in [0.1, 0.15) is 31.7 Å². The second kappa shape index (κ2) is 6.58. The SMILES string of the molecule is CC(Cc1ccc(Br)cc1)NC1CCCC1S(C)(=O)=O. The fourth-order valence-electron chi connectivity index (χ4n) is 3.03. The van der Waals surface area contributed by atoms with E-state index in [0.717, 1.165) is 30.2 Å². The van der Waals surface area contributed by atoms with Gasteiger partial charge in [-0.2, -0.15) is 0 Å². The maximum atomic E-state index is 11.8. The highest BCUT2D eigenvalue weighted by Gasteiger charge is 2.35. The quantitative estimate of drug-likeness (QED) is 0.878. The molecular formula is C15H22BrNO2S. The Morgan fingerprint density at radius 2 is 1.95 bits per heavy atom. The van der Waals surface area contributed by atoms with Gasteiger partial charge in [0.2, 0.25) is 0 Å². The third-order valence-corrected chi connectivity index (χ3v) is 6.15. The topological polar surface area (TPSA) is 46.2 Å². The van der Waals surface area contributed by atoms with Crippen LogP contribution in [-0.4, -0.2) is 32.0 Å². The summed E-state index contributed by atoms with van der Waals surface area (Å²) in [6.45, 7) is 2.12. The summed E-state index contributed by atoms with van der Waals surface area (Å²) in [5.41, 5.74) is 1.27. The highest BCUT2D eigenvalue weighted by atomic mass is 79.9. The van der Waals surface area contributed by atoms with Crippen LogP contribution in [0, 0.1) is 0 Å². The van der Waals surface area contributed by atoms with E-state index in [2.05, 4.69) is 40.3 Å². The van der Waals surface area contributed by atoms with Crippen LogP contribution in [0.5, 0.6) is 0 Å². The summed E-state index contributed by atoms with van der Waals surface area (Å²) in [5, 5.41) is 3.29. The molecule has 0 aromatic heterocycles. The van der Waals surface area contributed by atoms with Crippen molar-refractivity contribution in [3.05, 3.63) is 34.3 Å². The molecule has 0 spiro atoms. The normalized spacial score (nSPS) is 24.8. The summed E-state index contributed by atoms with van der Waals surface area (Å²) in [5.74, 6) is 0. The van der Waals surface area contributed by atoms with Crippen molar-refractivity contribution in [2.45, 2.75) is 49.9 Å². The average Bonchev–Trinajstić information content (AvgIpc) is 2.80. The van der Waals surface area contributed by atoms with Gasteiger partial charge in [0.05, 0.1) is 5.25 Å². The molecule has 2 rings (SSSR count). The molecule has 5 heteroatoms. The van der Waals surface area contributed by atoms with Crippen molar-refractivity contribution >= 4 is 25.8 Å². The zero-order valence-electron chi connectivity index (χ0n) is 12.0. The van der Waals surface area contributed by atoms with Crippen molar-refractivity contribution in [2.24, 2.45) is 0 Å². The Hall–Kier alpha value is -0.390. The number of halogens is 1. The number of nitrogens with one attached hydrogen (secondary N) is 1. The van der Waals surface area contributed by atoms with E-state index in [-0.39, 0.29) is 17.3 Å². The number of benzene rings is 1. The third kappa shape index (κ3) is 4.30. The molecule has 0 bridgehead atoms. The van der Waals surface area contributed by atoms with Crippen LogP contribution in [0.25, 0.3) is 0 Å². The first-order valence-corrected chi connectivity index (χ1v) is 9.80. The molecule has 1 aliphatic rings. The number of hydrogen-bond acceptors (Lipinski definition) is 3. The molecule has 0 saturated heterocycles. The summed E-state index contributed by atoms with van der Waals surface area (Å²) in [4.78, 5) is 0. The number of rotatable bonds is 5. The molecule has 1 N–H and O–H groups in total. The Morgan fingerprint density at radius 3 is 2.55 bits per heavy atom. The molecule has 0 amide bonds. The number of sulfone groups is 1. The van der Waals surface area contributed by atoms with Gasteiger partial charge in [-0.05, 0) is 43.9 Å². The molecule has 0 aliphatic heterocycles. The standard InChI is InChI=1S/C15H22BrNO2S/c1-11(10-12-6-8-13(16)9-7-12)17-14-4-3-5-15(14)20(2,18)19/h6-9,11,14-15,17H,3-5,10H2,1-2H3. The van der Waals surface area contributed by atoms with Gasteiger partial charge in [-0.3, -0.25) is 0 Å². The van der Waals surface area contributed by atoms with E-state index in [1.807, 2.05) is 12.1 Å². The van der Waals surface area contributed by atoms with Crippen LogP contribution in [-0.2, 0) is 16.3 Å². The largest absolute Gasteiger partial charge is 0.310 e. The van der Waals surface area contributed by atoms with Crippen LogP contribution in [0.3, 0.4) is 0 Å². The fourth-order valence-corrected chi connectivity index (χ4v) is 4.70. The van der Waals surface area contributed by atoms with Crippen molar-refractivity contribution in [3.63, 3.8) is 0 Å². The Balaban J connectivity index is 1.94. The van der Waals surface area contributed by atoms with Gasteiger partial charge in [-0.25, -0.2) is 8.42 Å². The Morgan fingerprint density at radius 1 is 1.30 bits per heavy atom. The van der Waals surface area contributed by atoms with Crippen molar-refractivity contribution in [3.8, 4) is 0 Å². The average molecular weight is 360 g/mol. The molecule has 1 aromatic rings. The highest BCUT2D eigenvalue weighted by Crippen LogP contribution is 2.25. The first kappa shape index (κ1) is 16.0. The summed E-state index contributed by atoms with van der Waals surface area (Å²) in [6, 6.07) is 8.67. The molecule has 1 aromatic carbocycles. The smallest absolute Gasteiger partial charge is 0.151 e. The zero-order chi connectivity index (χ0) is 14.8.